The predicted molar refractivity (Wildman–Crippen MR) is 106 cm³/mol. The summed E-state index contributed by atoms with van der Waals surface area (Å²) in [6.07, 6.45) is 10.2. The van der Waals surface area contributed by atoms with E-state index in [4.69, 9.17) is 11.6 Å². The third kappa shape index (κ3) is 3.22. The molecule has 1 aliphatic carbocycles. The molecular formula is C21H19ClFN5. The maximum absolute atomic E-state index is 14.5. The number of rotatable bonds is 4. The van der Waals surface area contributed by atoms with Crippen LogP contribution in [-0.2, 0) is 0 Å². The molecule has 7 heteroatoms. The number of hydrogen-bond acceptors (Lipinski definition) is 5. The van der Waals surface area contributed by atoms with Gasteiger partial charge in [0.05, 0.1) is 10.7 Å². The van der Waals surface area contributed by atoms with Gasteiger partial charge >= 0.3 is 0 Å². The third-order valence-electron chi connectivity index (χ3n) is 5.56. The molecule has 3 heterocycles. The quantitative estimate of drug-likeness (QED) is 0.646. The predicted octanol–water partition coefficient (Wildman–Crippen LogP) is 4.60. The van der Waals surface area contributed by atoms with Gasteiger partial charge in [-0.25, -0.2) is 24.3 Å². The molecule has 2 fully saturated rings. The van der Waals surface area contributed by atoms with E-state index in [1.165, 1.54) is 0 Å². The average molecular weight is 396 g/mol. The van der Waals surface area contributed by atoms with E-state index in [-0.39, 0.29) is 10.8 Å². The van der Waals surface area contributed by atoms with Crippen molar-refractivity contribution in [1.29, 1.82) is 0 Å². The molecule has 1 saturated carbocycles. The van der Waals surface area contributed by atoms with Gasteiger partial charge in [-0.2, -0.15) is 0 Å². The molecule has 2 aromatic heterocycles. The fourth-order valence-corrected chi connectivity index (χ4v) is 4.21. The van der Waals surface area contributed by atoms with Gasteiger partial charge in [0.25, 0.3) is 0 Å². The van der Waals surface area contributed by atoms with Crippen molar-refractivity contribution in [2.24, 2.45) is 0 Å². The van der Waals surface area contributed by atoms with Gasteiger partial charge in [0.1, 0.15) is 0 Å². The standard InChI is InChI=1S/C21H19ClFN5/c22-17-8-13(9-18(19(17)23)28-6-1-2-7-28)15-10-16(15)14-11-26-21(27-12-14)20-24-4-3-5-25-20/h3-5,8-9,11-12,15-16H,1-2,6-7,10H2/t15-,16+/m1/s1. The van der Waals surface area contributed by atoms with Crippen LogP contribution in [0.3, 0.4) is 0 Å². The fraction of sp³-hybridized carbons (Fsp3) is 0.333. The summed E-state index contributed by atoms with van der Waals surface area (Å²) in [6.45, 7) is 1.78. The van der Waals surface area contributed by atoms with E-state index in [1.54, 1.807) is 24.5 Å². The third-order valence-corrected chi connectivity index (χ3v) is 5.84. The Morgan fingerprint density at radius 2 is 1.54 bits per heavy atom. The molecule has 5 rings (SSSR count). The van der Waals surface area contributed by atoms with Gasteiger partial charge in [-0.15, -0.1) is 0 Å². The van der Waals surface area contributed by atoms with E-state index in [0.29, 0.717) is 29.2 Å². The zero-order chi connectivity index (χ0) is 19.1. The molecule has 142 valence electrons. The van der Waals surface area contributed by atoms with Gasteiger partial charge in [-0.1, -0.05) is 11.6 Å². The van der Waals surface area contributed by atoms with Crippen molar-refractivity contribution >= 4 is 17.3 Å². The molecule has 0 unspecified atom stereocenters. The second-order valence-electron chi connectivity index (χ2n) is 7.39. The van der Waals surface area contributed by atoms with E-state index in [2.05, 4.69) is 24.8 Å². The largest absolute Gasteiger partial charge is 0.369 e. The first kappa shape index (κ1) is 17.5. The van der Waals surface area contributed by atoms with Crippen LogP contribution in [0.1, 0.15) is 42.2 Å². The van der Waals surface area contributed by atoms with Gasteiger partial charge in [0.2, 0.25) is 0 Å². The monoisotopic (exact) mass is 395 g/mol. The van der Waals surface area contributed by atoms with Gasteiger partial charge in [-0.3, -0.25) is 0 Å². The molecule has 0 radical (unpaired) electrons. The van der Waals surface area contributed by atoms with Crippen molar-refractivity contribution in [3.8, 4) is 11.6 Å². The molecule has 0 spiro atoms. The number of benzene rings is 1. The summed E-state index contributed by atoms with van der Waals surface area (Å²) in [7, 11) is 0. The first-order valence-corrected chi connectivity index (χ1v) is 9.92. The molecule has 3 aromatic rings. The minimum absolute atomic E-state index is 0.206. The Labute approximate surface area is 167 Å². The summed E-state index contributed by atoms with van der Waals surface area (Å²) in [5.41, 5.74) is 2.81. The van der Waals surface area contributed by atoms with Crippen LogP contribution in [0.2, 0.25) is 5.02 Å². The van der Waals surface area contributed by atoms with Crippen molar-refractivity contribution in [3.05, 3.63) is 65.0 Å². The Bertz CT molecular complexity index is 990. The van der Waals surface area contributed by atoms with Crippen LogP contribution in [0.25, 0.3) is 11.6 Å². The van der Waals surface area contributed by atoms with Crippen LogP contribution >= 0.6 is 11.6 Å². The topological polar surface area (TPSA) is 54.8 Å². The smallest absolute Gasteiger partial charge is 0.197 e. The molecule has 1 saturated heterocycles. The molecule has 5 nitrogen and oxygen atoms in total. The molecule has 2 aliphatic rings. The van der Waals surface area contributed by atoms with Gasteiger partial charge in [0.15, 0.2) is 17.5 Å². The zero-order valence-electron chi connectivity index (χ0n) is 15.2. The SMILES string of the molecule is Fc1c(Cl)cc([C@H]2C[C@H]2c2cnc(-c3ncccn3)nc2)cc1N1CCCC1. The maximum Gasteiger partial charge on any atom is 0.197 e. The van der Waals surface area contributed by atoms with Crippen LogP contribution < -0.4 is 4.90 Å². The zero-order valence-corrected chi connectivity index (χ0v) is 16.0. The lowest BCUT2D eigenvalue weighted by molar-refractivity contribution is 0.622. The first-order chi connectivity index (χ1) is 13.7. The van der Waals surface area contributed by atoms with E-state index < -0.39 is 0 Å². The molecule has 0 bridgehead atoms. The lowest BCUT2D eigenvalue weighted by atomic mass is 10.1. The molecule has 1 aliphatic heterocycles. The van der Waals surface area contributed by atoms with Gasteiger partial charge in [0, 0.05) is 37.9 Å². The lowest BCUT2D eigenvalue weighted by Gasteiger charge is -2.20. The van der Waals surface area contributed by atoms with Gasteiger partial charge < -0.3 is 4.90 Å². The highest BCUT2D eigenvalue weighted by molar-refractivity contribution is 6.31. The Morgan fingerprint density at radius 1 is 0.893 bits per heavy atom. The molecule has 1 aromatic carbocycles. The summed E-state index contributed by atoms with van der Waals surface area (Å²) in [5, 5.41) is 0.206. The first-order valence-electron chi connectivity index (χ1n) is 9.54. The summed E-state index contributed by atoms with van der Waals surface area (Å²) in [6, 6.07) is 5.51. The Morgan fingerprint density at radius 3 is 2.25 bits per heavy atom. The number of anilines is 1. The minimum Gasteiger partial charge on any atom is -0.369 e. The van der Waals surface area contributed by atoms with E-state index in [0.717, 1.165) is 43.5 Å². The lowest BCUT2D eigenvalue weighted by Crippen LogP contribution is -2.19. The van der Waals surface area contributed by atoms with Crippen LogP contribution in [0.5, 0.6) is 0 Å². The van der Waals surface area contributed by atoms with Crippen molar-refractivity contribution in [1.82, 2.24) is 19.9 Å². The van der Waals surface area contributed by atoms with E-state index in [9.17, 15) is 4.39 Å². The van der Waals surface area contributed by atoms with Crippen LogP contribution in [0, 0.1) is 5.82 Å². The van der Waals surface area contributed by atoms with Crippen LogP contribution in [0.15, 0.2) is 43.0 Å². The molecule has 28 heavy (non-hydrogen) atoms. The number of hydrogen-bond donors (Lipinski definition) is 0. The second-order valence-corrected chi connectivity index (χ2v) is 7.80. The maximum atomic E-state index is 14.5. The molecule has 0 amide bonds. The molecule has 2 atom stereocenters. The summed E-state index contributed by atoms with van der Waals surface area (Å²) in [5.74, 6) is 1.38. The summed E-state index contributed by atoms with van der Waals surface area (Å²) < 4.78 is 14.5. The van der Waals surface area contributed by atoms with Crippen molar-refractivity contribution < 1.29 is 4.39 Å². The summed E-state index contributed by atoms with van der Waals surface area (Å²) in [4.78, 5) is 19.3. The molecule has 0 N–H and O–H groups in total. The van der Waals surface area contributed by atoms with E-state index >= 15 is 0 Å². The van der Waals surface area contributed by atoms with Crippen molar-refractivity contribution in [3.63, 3.8) is 0 Å². The molecular weight excluding hydrogens is 377 g/mol. The van der Waals surface area contributed by atoms with Crippen LogP contribution in [0.4, 0.5) is 10.1 Å². The van der Waals surface area contributed by atoms with E-state index in [1.807, 2.05) is 18.5 Å². The van der Waals surface area contributed by atoms with Crippen molar-refractivity contribution in [2.75, 3.05) is 18.0 Å². The van der Waals surface area contributed by atoms with Crippen molar-refractivity contribution in [2.45, 2.75) is 31.1 Å². The number of aromatic nitrogens is 4. The minimum atomic E-state index is -0.305. The highest BCUT2D eigenvalue weighted by atomic mass is 35.5. The number of nitrogens with zero attached hydrogens (tertiary/aromatic N) is 5. The summed E-state index contributed by atoms with van der Waals surface area (Å²) >= 11 is 6.21. The Kier molecular flexibility index (Phi) is 4.43. The Hall–Kier alpha value is -2.60. The van der Waals surface area contributed by atoms with Gasteiger partial charge in [-0.05, 0) is 60.4 Å². The Balaban J connectivity index is 1.37. The second kappa shape index (κ2) is 7.09. The number of halogens is 2. The average Bonchev–Trinajstić information content (AvgIpc) is 3.35. The van der Waals surface area contributed by atoms with Crippen LogP contribution in [-0.4, -0.2) is 33.0 Å². The normalized spacial score (nSPS) is 21.1. The highest BCUT2D eigenvalue weighted by Gasteiger charge is 2.41. The highest BCUT2D eigenvalue weighted by Crippen LogP contribution is 2.55. The fourth-order valence-electron chi connectivity index (χ4n) is 3.99.